The molecule has 98 valence electrons. The van der Waals surface area contributed by atoms with Gasteiger partial charge < -0.3 is 14.6 Å². The Morgan fingerprint density at radius 2 is 2.12 bits per heavy atom. The van der Waals surface area contributed by atoms with Gasteiger partial charge in [0.25, 0.3) is 0 Å². The lowest BCUT2D eigenvalue weighted by Crippen LogP contribution is -2.25. The Balaban J connectivity index is 2.58. The highest BCUT2D eigenvalue weighted by molar-refractivity contribution is 5.16. The third-order valence-corrected chi connectivity index (χ3v) is 2.92. The van der Waals surface area contributed by atoms with Gasteiger partial charge in [-0.3, -0.25) is 0 Å². The number of ether oxygens (including phenoxy) is 1. The summed E-state index contributed by atoms with van der Waals surface area (Å²) in [4.78, 5) is 0. The molecule has 0 radical (unpaired) electrons. The molecule has 0 aliphatic rings. The Morgan fingerprint density at radius 3 is 2.71 bits per heavy atom. The summed E-state index contributed by atoms with van der Waals surface area (Å²) in [6, 6.07) is 2.66. The lowest BCUT2D eigenvalue weighted by molar-refractivity contribution is 0.139. The van der Waals surface area contributed by atoms with Crippen molar-refractivity contribution in [2.45, 2.75) is 40.3 Å². The molecule has 0 spiro atoms. The third-order valence-electron chi connectivity index (χ3n) is 2.92. The maximum absolute atomic E-state index is 5.37. The topological polar surface area (TPSA) is 26.2 Å². The highest BCUT2D eigenvalue weighted by Crippen LogP contribution is 2.21. The fourth-order valence-electron chi connectivity index (χ4n) is 2.06. The van der Waals surface area contributed by atoms with E-state index in [0.29, 0.717) is 12.0 Å². The zero-order valence-electron chi connectivity index (χ0n) is 11.6. The monoisotopic (exact) mass is 238 g/mol. The van der Waals surface area contributed by atoms with E-state index in [1.807, 2.05) is 6.92 Å². The molecule has 0 fully saturated rings. The van der Waals surface area contributed by atoms with Gasteiger partial charge >= 0.3 is 0 Å². The molecule has 1 atom stereocenters. The molecule has 0 saturated heterocycles. The SMILES string of the molecule is CCNC(c1ccn(CCOCC)c1)C(C)C. The minimum atomic E-state index is 0.452. The van der Waals surface area contributed by atoms with Crippen LogP contribution < -0.4 is 5.32 Å². The molecule has 1 aromatic heterocycles. The zero-order chi connectivity index (χ0) is 12.7. The lowest BCUT2D eigenvalue weighted by atomic mass is 9.98. The summed E-state index contributed by atoms with van der Waals surface area (Å²) in [6.45, 7) is 12.2. The highest BCUT2D eigenvalue weighted by atomic mass is 16.5. The van der Waals surface area contributed by atoms with Gasteiger partial charge in [-0.25, -0.2) is 0 Å². The average molecular weight is 238 g/mol. The summed E-state index contributed by atoms with van der Waals surface area (Å²) in [5.41, 5.74) is 1.37. The van der Waals surface area contributed by atoms with Gasteiger partial charge in [0.2, 0.25) is 0 Å². The molecule has 3 nitrogen and oxygen atoms in total. The summed E-state index contributed by atoms with van der Waals surface area (Å²) in [6.07, 6.45) is 4.37. The molecule has 3 heteroatoms. The normalized spacial score (nSPS) is 13.2. The van der Waals surface area contributed by atoms with Crippen molar-refractivity contribution in [3.63, 3.8) is 0 Å². The van der Waals surface area contributed by atoms with Gasteiger partial charge in [0.05, 0.1) is 6.61 Å². The number of nitrogens with zero attached hydrogens (tertiary/aromatic N) is 1. The van der Waals surface area contributed by atoms with Crippen molar-refractivity contribution in [1.82, 2.24) is 9.88 Å². The molecule has 1 aromatic rings. The zero-order valence-corrected chi connectivity index (χ0v) is 11.6. The van der Waals surface area contributed by atoms with E-state index < -0.39 is 0 Å². The van der Waals surface area contributed by atoms with Crippen molar-refractivity contribution in [2.75, 3.05) is 19.8 Å². The van der Waals surface area contributed by atoms with Crippen molar-refractivity contribution in [1.29, 1.82) is 0 Å². The van der Waals surface area contributed by atoms with Crippen LogP contribution in [0.25, 0.3) is 0 Å². The average Bonchev–Trinajstić information content (AvgIpc) is 2.74. The van der Waals surface area contributed by atoms with Crippen molar-refractivity contribution in [3.05, 3.63) is 24.0 Å². The number of hydrogen-bond acceptors (Lipinski definition) is 2. The van der Waals surface area contributed by atoms with E-state index in [9.17, 15) is 0 Å². The molecular weight excluding hydrogens is 212 g/mol. The predicted octanol–water partition coefficient (Wildman–Crippen LogP) is 2.83. The first kappa shape index (κ1) is 14.3. The predicted molar refractivity (Wildman–Crippen MR) is 72.2 cm³/mol. The Morgan fingerprint density at radius 1 is 1.35 bits per heavy atom. The Hall–Kier alpha value is -0.800. The maximum atomic E-state index is 5.37. The lowest BCUT2D eigenvalue weighted by Gasteiger charge is -2.20. The van der Waals surface area contributed by atoms with Crippen LogP contribution >= 0.6 is 0 Å². The van der Waals surface area contributed by atoms with E-state index in [1.165, 1.54) is 5.56 Å². The van der Waals surface area contributed by atoms with Crippen LogP contribution in [-0.4, -0.2) is 24.3 Å². The van der Waals surface area contributed by atoms with Gasteiger partial charge in [-0.15, -0.1) is 0 Å². The van der Waals surface area contributed by atoms with E-state index in [0.717, 1.165) is 26.3 Å². The summed E-state index contributed by atoms with van der Waals surface area (Å²) >= 11 is 0. The summed E-state index contributed by atoms with van der Waals surface area (Å²) in [5, 5.41) is 3.53. The van der Waals surface area contributed by atoms with Crippen molar-refractivity contribution in [3.8, 4) is 0 Å². The fourth-order valence-corrected chi connectivity index (χ4v) is 2.06. The largest absolute Gasteiger partial charge is 0.380 e. The van der Waals surface area contributed by atoms with Crippen LogP contribution in [-0.2, 0) is 11.3 Å². The van der Waals surface area contributed by atoms with Crippen LogP contribution in [0.15, 0.2) is 18.5 Å². The first-order chi connectivity index (χ1) is 8.19. The summed E-state index contributed by atoms with van der Waals surface area (Å²) in [7, 11) is 0. The van der Waals surface area contributed by atoms with E-state index in [-0.39, 0.29) is 0 Å². The summed E-state index contributed by atoms with van der Waals surface area (Å²) < 4.78 is 7.57. The van der Waals surface area contributed by atoms with Gasteiger partial charge in [-0.05, 0) is 31.0 Å². The van der Waals surface area contributed by atoms with Crippen molar-refractivity contribution < 1.29 is 4.74 Å². The molecule has 0 aliphatic carbocycles. The molecule has 0 amide bonds. The van der Waals surface area contributed by atoms with Crippen molar-refractivity contribution >= 4 is 0 Å². The van der Waals surface area contributed by atoms with Crippen molar-refractivity contribution in [2.24, 2.45) is 5.92 Å². The maximum Gasteiger partial charge on any atom is 0.0645 e. The number of rotatable bonds is 8. The second-order valence-corrected chi connectivity index (χ2v) is 4.66. The Kier molecular flexibility index (Phi) is 6.30. The molecule has 1 rings (SSSR count). The Bertz CT molecular complexity index is 307. The third kappa shape index (κ3) is 4.52. The molecule has 0 bridgehead atoms. The minimum absolute atomic E-state index is 0.452. The second kappa shape index (κ2) is 7.51. The quantitative estimate of drug-likeness (QED) is 0.705. The van der Waals surface area contributed by atoms with Crippen LogP contribution in [0.5, 0.6) is 0 Å². The molecule has 0 saturated carbocycles. The second-order valence-electron chi connectivity index (χ2n) is 4.66. The van der Waals surface area contributed by atoms with Gasteiger partial charge in [0.1, 0.15) is 0 Å². The standard InChI is InChI=1S/C14H26N2O/c1-5-15-14(12(3)4)13-7-8-16(11-13)9-10-17-6-2/h7-8,11-12,14-15H,5-6,9-10H2,1-4H3. The smallest absolute Gasteiger partial charge is 0.0645 e. The van der Waals surface area contributed by atoms with Gasteiger partial charge in [-0.2, -0.15) is 0 Å². The van der Waals surface area contributed by atoms with E-state index in [2.05, 4.69) is 49.1 Å². The minimum Gasteiger partial charge on any atom is -0.380 e. The van der Waals surface area contributed by atoms with Crippen LogP contribution in [0.3, 0.4) is 0 Å². The first-order valence-corrected chi connectivity index (χ1v) is 6.65. The molecule has 0 aromatic carbocycles. The van der Waals surface area contributed by atoms with Crippen LogP contribution in [0.4, 0.5) is 0 Å². The van der Waals surface area contributed by atoms with Crippen LogP contribution in [0, 0.1) is 5.92 Å². The number of aromatic nitrogens is 1. The van der Waals surface area contributed by atoms with E-state index >= 15 is 0 Å². The number of nitrogens with one attached hydrogen (secondary N) is 1. The van der Waals surface area contributed by atoms with E-state index in [1.54, 1.807) is 0 Å². The molecule has 17 heavy (non-hydrogen) atoms. The number of hydrogen-bond donors (Lipinski definition) is 1. The molecule has 1 heterocycles. The van der Waals surface area contributed by atoms with Gasteiger partial charge in [0, 0.05) is 31.6 Å². The van der Waals surface area contributed by atoms with E-state index in [4.69, 9.17) is 4.74 Å². The first-order valence-electron chi connectivity index (χ1n) is 6.65. The fraction of sp³-hybridized carbons (Fsp3) is 0.714. The van der Waals surface area contributed by atoms with Gasteiger partial charge in [-0.1, -0.05) is 20.8 Å². The molecule has 1 N–H and O–H groups in total. The van der Waals surface area contributed by atoms with Crippen LogP contribution in [0.1, 0.15) is 39.3 Å². The highest BCUT2D eigenvalue weighted by Gasteiger charge is 2.15. The van der Waals surface area contributed by atoms with Crippen LogP contribution in [0.2, 0.25) is 0 Å². The Labute approximate surface area is 105 Å². The molecule has 0 aliphatic heterocycles. The molecule has 1 unspecified atom stereocenters. The van der Waals surface area contributed by atoms with Gasteiger partial charge in [0.15, 0.2) is 0 Å². The summed E-state index contributed by atoms with van der Waals surface area (Å²) in [5.74, 6) is 0.609. The molecular formula is C14H26N2O.